The highest BCUT2D eigenvalue weighted by molar-refractivity contribution is 5.91. The average molecular weight is 287 g/mol. The van der Waals surface area contributed by atoms with Gasteiger partial charge in [0.15, 0.2) is 0 Å². The first kappa shape index (κ1) is 12.9. The molecule has 3 heteroatoms. The Morgan fingerprint density at radius 1 is 1.00 bits per heavy atom. The van der Waals surface area contributed by atoms with Crippen molar-refractivity contribution in [3.63, 3.8) is 0 Å². The summed E-state index contributed by atoms with van der Waals surface area (Å²) in [4.78, 5) is 4.61. The topological polar surface area (TPSA) is 43.8 Å². The maximum absolute atomic E-state index is 6.05. The molecule has 0 saturated heterocycles. The molecule has 2 aromatic heterocycles. The molecule has 22 heavy (non-hydrogen) atoms. The number of pyridine rings is 1. The number of para-hydroxylation sites is 1. The van der Waals surface area contributed by atoms with Crippen LogP contribution in [-0.2, 0) is 6.54 Å². The van der Waals surface area contributed by atoms with E-state index in [9.17, 15) is 0 Å². The Morgan fingerprint density at radius 3 is 2.77 bits per heavy atom. The Hall–Kier alpha value is -2.81. The number of nitrogens with two attached hydrogens (primary N) is 1. The van der Waals surface area contributed by atoms with Gasteiger partial charge in [-0.25, -0.2) is 0 Å². The van der Waals surface area contributed by atoms with E-state index < -0.39 is 0 Å². The van der Waals surface area contributed by atoms with Crippen LogP contribution in [0.1, 0.15) is 11.3 Å². The van der Waals surface area contributed by atoms with Gasteiger partial charge in [0.05, 0.1) is 11.0 Å². The molecule has 0 fully saturated rings. The lowest BCUT2D eigenvalue weighted by molar-refractivity contribution is 0.840. The van der Waals surface area contributed by atoms with E-state index >= 15 is 0 Å². The predicted molar refractivity (Wildman–Crippen MR) is 91.9 cm³/mol. The van der Waals surface area contributed by atoms with Crippen molar-refractivity contribution >= 4 is 27.5 Å². The highest BCUT2D eigenvalue weighted by Crippen LogP contribution is 2.25. The summed E-state index contributed by atoms with van der Waals surface area (Å²) in [5.41, 5.74) is 11.4. The van der Waals surface area contributed by atoms with Crippen LogP contribution in [0.15, 0.2) is 60.8 Å². The van der Waals surface area contributed by atoms with Crippen molar-refractivity contribution in [2.75, 3.05) is 5.73 Å². The molecule has 0 radical (unpaired) electrons. The number of hydrogen-bond donors (Lipinski definition) is 1. The second kappa shape index (κ2) is 4.88. The van der Waals surface area contributed by atoms with Crippen LogP contribution in [0.2, 0.25) is 0 Å². The molecule has 4 aromatic rings. The molecular formula is C19H17N3. The quantitative estimate of drug-likeness (QED) is 0.563. The summed E-state index contributed by atoms with van der Waals surface area (Å²) in [5, 5.41) is 2.32. The molecule has 0 aliphatic rings. The fourth-order valence-electron chi connectivity index (χ4n) is 3.09. The van der Waals surface area contributed by atoms with Gasteiger partial charge in [0, 0.05) is 34.9 Å². The molecule has 2 N–H and O–H groups in total. The minimum Gasteiger partial charge on any atom is -0.398 e. The summed E-state index contributed by atoms with van der Waals surface area (Å²) in [6.07, 6.45) is 2.10. The third-order valence-corrected chi connectivity index (χ3v) is 4.12. The summed E-state index contributed by atoms with van der Waals surface area (Å²) < 4.78 is 2.24. The Bertz CT molecular complexity index is 982. The Balaban J connectivity index is 1.88. The Morgan fingerprint density at radius 2 is 1.86 bits per heavy atom. The zero-order valence-corrected chi connectivity index (χ0v) is 12.5. The number of hydrogen-bond acceptors (Lipinski definition) is 2. The molecule has 0 amide bonds. The van der Waals surface area contributed by atoms with Crippen LogP contribution in [0.5, 0.6) is 0 Å². The molecule has 4 rings (SSSR count). The van der Waals surface area contributed by atoms with Crippen LogP contribution in [0.4, 0.5) is 5.69 Å². The van der Waals surface area contributed by atoms with E-state index in [0.29, 0.717) is 0 Å². The fourth-order valence-corrected chi connectivity index (χ4v) is 3.09. The van der Waals surface area contributed by atoms with Gasteiger partial charge in [-0.15, -0.1) is 0 Å². The standard InChI is InChI=1S/C19H17N3/c1-13-11-14(15-5-2-3-7-18(15)21-13)12-22-10-9-16-17(20)6-4-8-19(16)22/h2-11H,12,20H2,1H3. The second-order valence-corrected chi connectivity index (χ2v) is 5.66. The van der Waals surface area contributed by atoms with Crippen molar-refractivity contribution in [1.82, 2.24) is 9.55 Å². The number of benzene rings is 2. The number of aryl methyl sites for hydroxylation is 1. The molecule has 0 aliphatic carbocycles. The lowest BCUT2D eigenvalue weighted by Crippen LogP contribution is -2.00. The van der Waals surface area contributed by atoms with Gasteiger partial charge in [0.2, 0.25) is 0 Å². The Labute approximate surface area is 129 Å². The van der Waals surface area contributed by atoms with Gasteiger partial charge >= 0.3 is 0 Å². The summed E-state index contributed by atoms with van der Waals surface area (Å²) in [7, 11) is 0. The van der Waals surface area contributed by atoms with Crippen molar-refractivity contribution in [3.8, 4) is 0 Å². The zero-order valence-electron chi connectivity index (χ0n) is 12.5. The highest BCUT2D eigenvalue weighted by atomic mass is 15.0. The zero-order chi connectivity index (χ0) is 15.1. The van der Waals surface area contributed by atoms with Crippen molar-refractivity contribution in [1.29, 1.82) is 0 Å². The van der Waals surface area contributed by atoms with E-state index in [0.717, 1.165) is 28.8 Å². The monoisotopic (exact) mass is 287 g/mol. The van der Waals surface area contributed by atoms with Gasteiger partial charge in [-0.05, 0) is 42.8 Å². The van der Waals surface area contributed by atoms with E-state index in [2.05, 4.69) is 52.1 Å². The van der Waals surface area contributed by atoms with Gasteiger partial charge in [0.25, 0.3) is 0 Å². The molecule has 0 atom stereocenters. The van der Waals surface area contributed by atoms with Crippen molar-refractivity contribution in [2.24, 2.45) is 0 Å². The van der Waals surface area contributed by atoms with Crippen LogP contribution < -0.4 is 5.73 Å². The van der Waals surface area contributed by atoms with Crippen LogP contribution in [0.25, 0.3) is 21.8 Å². The first-order valence-corrected chi connectivity index (χ1v) is 7.41. The Kier molecular flexibility index (Phi) is 2.86. The number of nitrogen functional groups attached to an aromatic ring is 1. The van der Waals surface area contributed by atoms with Crippen LogP contribution >= 0.6 is 0 Å². The highest BCUT2D eigenvalue weighted by Gasteiger charge is 2.07. The van der Waals surface area contributed by atoms with Gasteiger partial charge < -0.3 is 10.3 Å². The third kappa shape index (κ3) is 2.02. The molecule has 0 unspecified atom stereocenters. The molecular weight excluding hydrogens is 270 g/mol. The molecule has 0 saturated carbocycles. The van der Waals surface area contributed by atoms with Crippen LogP contribution in [0.3, 0.4) is 0 Å². The van der Waals surface area contributed by atoms with Crippen LogP contribution in [-0.4, -0.2) is 9.55 Å². The lowest BCUT2D eigenvalue weighted by Gasteiger charge is -2.10. The maximum atomic E-state index is 6.05. The van der Waals surface area contributed by atoms with Gasteiger partial charge in [0.1, 0.15) is 0 Å². The summed E-state index contributed by atoms with van der Waals surface area (Å²) in [6, 6.07) is 18.6. The minimum atomic E-state index is 0.816. The van der Waals surface area contributed by atoms with Crippen molar-refractivity contribution in [3.05, 3.63) is 72.1 Å². The summed E-state index contributed by atoms with van der Waals surface area (Å²) in [6.45, 7) is 2.86. The molecule has 0 aliphatic heterocycles. The third-order valence-electron chi connectivity index (χ3n) is 4.12. The predicted octanol–water partition coefficient (Wildman–Crippen LogP) is 4.13. The number of rotatable bonds is 2. The van der Waals surface area contributed by atoms with Gasteiger partial charge in [-0.1, -0.05) is 24.3 Å². The second-order valence-electron chi connectivity index (χ2n) is 5.66. The van der Waals surface area contributed by atoms with Crippen LogP contribution in [0, 0.1) is 6.92 Å². The first-order valence-electron chi connectivity index (χ1n) is 7.41. The molecule has 3 nitrogen and oxygen atoms in total. The molecule has 2 aromatic carbocycles. The number of fused-ring (bicyclic) bond motifs is 2. The summed E-state index contributed by atoms with van der Waals surface area (Å²) >= 11 is 0. The maximum Gasteiger partial charge on any atom is 0.0708 e. The van der Waals surface area contributed by atoms with Crippen molar-refractivity contribution in [2.45, 2.75) is 13.5 Å². The number of anilines is 1. The molecule has 2 heterocycles. The van der Waals surface area contributed by atoms with E-state index in [1.54, 1.807) is 0 Å². The largest absolute Gasteiger partial charge is 0.398 e. The summed E-state index contributed by atoms with van der Waals surface area (Å²) in [5.74, 6) is 0. The fraction of sp³-hybridized carbons (Fsp3) is 0.105. The lowest BCUT2D eigenvalue weighted by atomic mass is 10.1. The van der Waals surface area contributed by atoms with Gasteiger partial charge in [-0.2, -0.15) is 0 Å². The molecule has 0 spiro atoms. The number of aromatic nitrogens is 2. The molecule has 0 bridgehead atoms. The number of nitrogens with zero attached hydrogens (tertiary/aromatic N) is 2. The van der Waals surface area contributed by atoms with Gasteiger partial charge in [-0.3, -0.25) is 4.98 Å². The normalized spacial score (nSPS) is 11.3. The van der Waals surface area contributed by atoms with E-state index in [-0.39, 0.29) is 0 Å². The minimum absolute atomic E-state index is 0.816. The van der Waals surface area contributed by atoms with Crippen molar-refractivity contribution < 1.29 is 0 Å². The molecule has 108 valence electrons. The van der Waals surface area contributed by atoms with E-state index in [1.165, 1.54) is 16.5 Å². The SMILES string of the molecule is Cc1cc(Cn2ccc3c(N)cccc32)c2ccccc2n1. The average Bonchev–Trinajstić information content (AvgIpc) is 2.92. The smallest absolute Gasteiger partial charge is 0.0708 e. The van der Waals surface area contributed by atoms with E-state index in [4.69, 9.17) is 5.73 Å². The van der Waals surface area contributed by atoms with E-state index in [1.807, 2.05) is 25.1 Å². The first-order chi connectivity index (χ1) is 10.7.